The van der Waals surface area contributed by atoms with E-state index in [1.165, 1.54) is 33.5 Å². The van der Waals surface area contributed by atoms with Gasteiger partial charge in [-0.25, -0.2) is 4.99 Å². The van der Waals surface area contributed by atoms with Crippen LogP contribution in [-0.2, 0) is 20.0 Å². The summed E-state index contributed by atoms with van der Waals surface area (Å²) in [5, 5.41) is 0. The number of halogens is 1. The van der Waals surface area contributed by atoms with Crippen molar-refractivity contribution in [3.63, 3.8) is 0 Å². The first-order valence-electron chi connectivity index (χ1n) is 9.95. The van der Waals surface area contributed by atoms with Crippen LogP contribution >= 0.6 is 9.19 Å². The molecule has 0 saturated heterocycles. The minimum atomic E-state index is -0.126. The van der Waals surface area contributed by atoms with Crippen LogP contribution in [0.25, 0.3) is 0 Å². The summed E-state index contributed by atoms with van der Waals surface area (Å²) in [6.45, 7) is 20.8. The Balaban J connectivity index is 0.00000155. The van der Waals surface area contributed by atoms with Crippen molar-refractivity contribution in [1.29, 1.82) is 0 Å². The van der Waals surface area contributed by atoms with E-state index in [9.17, 15) is 0 Å². The number of aryl methyl sites for hydroxylation is 5. The second-order valence-electron chi connectivity index (χ2n) is 8.81. The van der Waals surface area contributed by atoms with Gasteiger partial charge >= 0.3 is 29.2 Å². The summed E-state index contributed by atoms with van der Waals surface area (Å²) in [5.41, 5.74) is 8.26. The van der Waals surface area contributed by atoms with E-state index in [0.29, 0.717) is 0 Å². The van der Waals surface area contributed by atoms with E-state index < -0.39 is 0 Å². The molecule has 0 fully saturated rings. The second-order valence-corrected chi connectivity index (χ2v) is 8.81. The first-order valence-corrected chi connectivity index (χ1v) is 12.6. The third kappa shape index (κ3) is 5.59. The number of anilines is 1. The summed E-state index contributed by atoms with van der Waals surface area (Å²) in [6.07, 6.45) is 4.12. The molecule has 30 heavy (non-hydrogen) atoms. The molecule has 0 bridgehead atoms. The van der Waals surface area contributed by atoms with Gasteiger partial charge in [0.05, 0.1) is 5.69 Å². The van der Waals surface area contributed by atoms with E-state index in [2.05, 4.69) is 119 Å². The van der Waals surface area contributed by atoms with Gasteiger partial charge in [-0.05, 0) is 56.9 Å². The number of nitrogens with zero attached hydrogens (tertiary/aromatic N) is 3. The number of aliphatic imine (C=N–C) groups is 1. The van der Waals surface area contributed by atoms with E-state index in [4.69, 9.17) is 4.99 Å². The Morgan fingerprint density at radius 3 is 1.93 bits per heavy atom. The average Bonchev–Trinajstić information content (AvgIpc) is 3.10. The molecule has 2 radical (unpaired) electrons. The molecule has 3 nitrogen and oxygen atoms in total. The number of rotatable bonds is 2. The molecular formula is C25H31AuClN3. The van der Waals surface area contributed by atoms with E-state index >= 15 is 0 Å². The fourth-order valence-corrected chi connectivity index (χ4v) is 3.78. The van der Waals surface area contributed by atoms with E-state index in [1.807, 2.05) is 4.90 Å². The Kier molecular flexibility index (Phi) is 8.41. The SMILES string of the molecule is Cc1cc(C)c(N2[C]N(C(=Nc3c(C)cccc3C)C(C)(C)C)C=C2)c(C)c1.[Cl][Au]. The van der Waals surface area contributed by atoms with Gasteiger partial charge in [0.15, 0.2) is 0 Å². The molecule has 2 aromatic carbocycles. The van der Waals surface area contributed by atoms with Gasteiger partial charge in [0.25, 0.3) is 0 Å². The van der Waals surface area contributed by atoms with Crippen LogP contribution in [0.2, 0.25) is 0 Å². The summed E-state index contributed by atoms with van der Waals surface area (Å²) in [5.74, 6) is 0.978. The fourth-order valence-electron chi connectivity index (χ4n) is 3.78. The third-order valence-corrected chi connectivity index (χ3v) is 5.01. The normalized spacial score (nSPS) is 14.2. The van der Waals surface area contributed by atoms with E-state index in [0.717, 1.165) is 11.5 Å². The van der Waals surface area contributed by atoms with Crippen LogP contribution in [-0.4, -0.2) is 10.7 Å². The molecule has 0 amide bonds. The first kappa shape index (κ1) is 24.7. The van der Waals surface area contributed by atoms with Crippen molar-refractivity contribution < 1.29 is 20.0 Å². The quantitative estimate of drug-likeness (QED) is 0.204. The molecule has 5 heteroatoms. The Morgan fingerprint density at radius 1 is 0.900 bits per heavy atom. The molecule has 0 atom stereocenters. The Labute approximate surface area is 198 Å². The number of benzene rings is 2. The van der Waals surface area contributed by atoms with Crippen molar-refractivity contribution in [2.24, 2.45) is 10.4 Å². The standard InChI is InChI=1S/C25H31N3.Au.ClH/c1-17-14-20(4)23(21(5)15-17)27-12-13-28(16-27)24(25(6,7)8)26-22-18(2)10-9-11-19(22)3;;/h9-15H,1-8H3;;1H/q;+1;/p-1. The van der Waals surface area contributed by atoms with Gasteiger partial charge in [0.2, 0.25) is 6.67 Å². The molecule has 1 heterocycles. The summed E-state index contributed by atoms with van der Waals surface area (Å²) < 4.78 is 0. The topological polar surface area (TPSA) is 18.8 Å². The molecule has 0 N–H and O–H groups in total. The molecule has 0 saturated carbocycles. The zero-order valence-electron chi connectivity index (χ0n) is 19.1. The molecule has 2 aromatic rings. The van der Waals surface area contributed by atoms with Crippen LogP contribution in [0.3, 0.4) is 0 Å². The molecule has 1 aliphatic rings. The Bertz CT molecular complexity index is 914. The van der Waals surface area contributed by atoms with Crippen molar-refractivity contribution in [3.05, 3.63) is 77.2 Å². The van der Waals surface area contributed by atoms with Gasteiger partial charge in [-0.15, -0.1) is 0 Å². The number of hydrogen-bond donors (Lipinski definition) is 0. The average molecular weight is 606 g/mol. The minimum absolute atomic E-state index is 0.126. The Morgan fingerprint density at radius 2 is 1.43 bits per heavy atom. The third-order valence-electron chi connectivity index (χ3n) is 5.01. The molecule has 1 aliphatic heterocycles. The molecule has 164 valence electrons. The van der Waals surface area contributed by atoms with Gasteiger partial charge < -0.3 is 9.80 Å². The molecule has 0 aliphatic carbocycles. The second kappa shape index (κ2) is 10.2. The predicted molar refractivity (Wildman–Crippen MR) is 126 cm³/mol. The zero-order chi connectivity index (χ0) is 22.6. The molecular weight excluding hydrogens is 575 g/mol. The van der Waals surface area contributed by atoms with Crippen LogP contribution < -0.4 is 4.90 Å². The van der Waals surface area contributed by atoms with E-state index in [-0.39, 0.29) is 5.41 Å². The number of para-hydroxylation sites is 1. The van der Waals surface area contributed by atoms with Crippen molar-refractivity contribution >= 4 is 26.4 Å². The number of amidine groups is 1. The maximum absolute atomic E-state index is 5.10. The zero-order valence-corrected chi connectivity index (χ0v) is 22.0. The van der Waals surface area contributed by atoms with E-state index in [1.54, 1.807) is 20.0 Å². The number of hydrogen-bond acceptors (Lipinski definition) is 2. The van der Waals surface area contributed by atoms with Gasteiger partial charge in [-0.2, -0.15) is 0 Å². The van der Waals surface area contributed by atoms with Crippen molar-refractivity contribution in [3.8, 4) is 0 Å². The van der Waals surface area contributed by atoms with Crippen molar-refractivity contribution in [1.82, 2.24) is 4.90 Å². The van der Waals surface area contributed by atoms with Crippen molar-refractivity contribution in [2.45, 2.75) is 55.4 Å². The molecule has 3 rings (SSSR count). The predicted octanol–water partition coefficient (Wildman–Crippen LogP) is 7.28. The summed E-state index contributed by atoms with van der Waals surface area (Å²) in [4.78, 5) is 9.21. The Hall–Kier alpha value is -1.52. The van der Waals surface area contributed by atoms with Gasteiger partial charge in [-0.1, -0.05) is 56.7 Å². The van der Waals surface area contributed by atoms with Gasteiger partial charge in [0, 0.05) is 23.5 Å². The first-order chi connectivity index (χ1) is 14.1. The van der Waals surface area contributed by atoms with Gasteiger partial charge in [-0.3, -0.25) is 0 Å². The van der Waals surface area contributed by atoms with Crippen LogP contribution in [0.4, 0.5) is 11.4 Å². The summed E-state index contributed by atoms with van der Waals surface area (Å²) >= 11 is 1.75. The molecule has 0 aromatic heterocycles. The van der Waals surface area contributed by atoms with Crippen LogP contribution in [0, 0.1) is 46.7 Å². The molecule has 0 spiro atoms. The van der Waals surface area contributed by atoms with Crippen LogP contribution in [0.15, 0.2) is 47.7 Å². The van der Waals surface area contributed by atoms with Crippen molar-refractivity contribution in [2.75, 3.05) is 4.90 Å². The summed E-state index contributed by atoms with van der Waals surface area (Å²) in [7, 11) is 4.58. The monoisotopic (exact) mass is 605 g/mol. The fraction of sp³-hybridized carbons (Fsp3) is 0.360. The summed E-state index contributed by atoms with van der Waals surface area (Å²) in [6, 6.07) is 10.8. The maximum atomic E-state index is 5.10. The van der Waals surface area contributed by atoms with Crippen LogP contribution in [0.5, 0.6) is 0 Å². The van der Waals surface area contributed by atoms with Crippen LogP contribution in [0.1, 0.15) is 48.6 Å². The molecule has 0 unspecified atom stereocenters. The van der Waals surface area contributed by atoms with Gasteiger partial charge in [0.1, 0.15) is 5.84 Å².